The molecule has 1 fully saturated rings. The number of hydrogen-bond donors (Lipinski definition) is 2. The molecule has 0 saturated heterocycles. The van der Waals surface area contributed by atoms with Crippen molar-refractivity contribution in [2.24, 2.45) is 11.7 Å². The van der Waals surface area contributed by atoms with Crippen molar-refractivity contribution in [3.05, 3.63) is 29.0 Å². The van der Waals surface area contributed by atoms with Gasteiger partial charge >= 0.3 is 0 Å². The number of hydrogen-bond acceptors (Lipinski definition) is 3. The molecule has 1 saturated carbocycles. The van der Waals surface area contributed by atoms with Crippen molar-refractivity contribution in [3.8, 4) is 5.75 Å². The molecule has 3 N–H and O–H groups in total. The highest BCUT2D eigenvalue weighted by atomic mass is 35.5. The lowest BCUT2D eigenvalue weighted by molar-refractivity contribution is -0.129. The van der Waals surface area contributed by atoms with E-state index in [1.54, 1.807) is 6.92 Å². The van der Waals surface area contributed by atoms with Crippen LogP contribution < -0.4 is 15.8 Å². The Balaban J connectivity index is 1.99. The first-order valence-corrected chi connectivity index (χ1v) is 7.37. The number of amides is 1. The van der Waals surface area contributed by atoms with Crippen molar-refractivity contribution in [3.63, 3.8) is 0 Å². The second-order valence-corrected chi connectivity index (χ2v) is 6.13. The third-order valence-corrected chi connectivity index (χ3v) is 4.17. The molecule has 1 aliphatic carbocycles. The molecule has 1 aromatic rings. The minimum Gasteiger partial charge on any atom is -0.479 e. The van der Waals surface area contributed by atoms with E-state index in [1.807, 2.05) is 6.92 Å². The summed E-state index contributed by atoms with van der Waals surface area (Å²) in [6, 6.07) is 3.79. The fraction of sp³-hybridized carbons (Fsp3) is 0.533. The molecule has 1 aliphatic rings. The fourth-order valence-corrected chi connectivity index (χ4v) is 2.45. The Bertz CT molecular complexity index is 536. The van der Waals surface area contributed by atoms with Crippen LogP contribution in [-0.4, -0.2) is 24.1 Å². The van der Waals surface area contributed by atoms with Gasteiger partial charge in [-0.05, 0) is 50.8 Å². The van der Waals surface area contributed by atoms with Crippen LogP contribution in [0.25, 0.3) is 0 Å². The molecule has 0 radical (unpaired) electrons. The average Bonchev–Trinajstić information content (AvgIpc) is 3.26. The Morgan fingerprint density at radius 3 is 2.81 bits per heavy atom. The van der Waals surface area contributed by atoms with E-state index in [0.717, 1.165) is 18.9 Å². The van der Waals surface area contributed by atoms with E-state index in [1.165, 1.54) is 12.1 Å². The summed E-state index contributed by atoms with van der Waals surface area (Å²) in [5.74, 6) is -0.00112. The van der Waals surface area contributed by atoms with Gasteiger partial charge in [-0.2, -0.15) is 0 Å². The maximum Gasteiger partial charge on any atom is 0.261 e. The van der Waals surface area contributed by atoms with Crippen LogP contribution >= 0.6 is 11.6 Å². The zero-order chi connectivity index (χ0) is 15.6. The fourth-order valence-electron chi connectivity index (χ4n) is 2.24. The summed E-state index contributed by atoms with van der Waals surface area (Å²) >= 11 is 5.88. The maximum atomic E-state index is 13.0. The zero-order valence-electron chi connectivity index (χ0n) is 12.2. The topological polar surface area (TPSA) is 64.3 Å². The number of carbonyl (C=O) groups excluding carboxylic acids is 1. The number of nitrogens with one attached hydrogen (secondary N) is 1. The Labute approximate surface area is 128 Å². The molecule has 1 amide bonds. The van der Waals surface area contributed by atoms with Gasteiger partial charge in [-0.3, -0.25) is 4.79 Å². The number of carbonyl (C=O) groups is 1. The minimum atomic E-state index is -0.738. The lowest BCUT2D eigenvalue weighted by Gasteiger charge is -2.31. The van der Waals surface area contributed by atoms with E-state index in [-0.39, 0.29) is 16.7 Å². The molecule has 2 unspecified atom stereocenters. The average molecular weight is 315 g/mol. The van der Waals surface area contributed by atoms with Crippen molar-refractivity contribution in [2.45, 2.75) is 38.3 Å². The predicted octanol–water partition coefficient (Wildman–Crippen LogP) is 2.49. The number of nitrogens with two attached hydrogens (primary N) is 1. The SMILES string of the molecule is CC(Oc1ccc(F)cc1Cl)C(=O)NC(C)(CN)C1CC1. The Morgan fingerprint density at radius 2 is 2.29 bits per heavy atom. The molecule has 1 aromatic carbocycles. The molecule has 0 heterocycles. The summed E-state index contributed by atoms with van der Waals surface area (Å²) in [5, 5.41) is 3.09. The van der Waals surface area contributed by atoms with E-state index in [2.05, 4.69) is 5.32 Å². The zero-order valence-corrected chi connectivity index (χ0v) is 12.9. The second-order valence-electron chi connectivity index (χ2n) is 5.72. The highest BCUT2D eigenvalue weighted by Crippen LogP contribution is 2.39. The smallest absolute Gasteiger partial charge is 0.261 e. The van der Waals surface area contributed by atoms with Gasteiger partial charge in [0.05, 0.1) is 10.6 Å². The van der Waals surface area contributed by atoms with Gasteiger partial charge in [-0.25, -0.2) is 4.39 Å². The first kappa shape index (κ1) is 16.0. The van der Waals surface area contributed by atoms with Crippen molar-refractivity contribution in [1.82, 2.24) is 5.32 Å². The molecule has 21 heavy (non-hydrogen) atoms. The van der Waals surface area contributed by atoms with Crippen molar-refractivity contribution < 1.29 is 13.9 Å². The van der Waals surface area contributed by atoms with E-state index in [4.69, 9.17) is 22.1 Å². The number of halogens is 2. The highest BCUT2D eigenvalue weighted by molar-refractivity contribution is 6.32. The summed E-state index contributed by atoms with van der Waals surface area (Å²) in [7, 11) is 0. The van der Waals surface area contributed by atoms with Crippen LogP contribution in [0.15, 0.2) is 18.2 Å². The molecule has 2 rings (SSSR count). The summed E-state index contributed by atoms with van der Waals surface area (Å²) in [6.07, 6.45) is 1.41. The summed E-state index contributed by atoms with van der Waals surface area (Å²) in [5.41, 5.74) is 5.37. The van der Waals surface area contributed by atoms with E-state index in [0.29, 0.717) is 12.5 Å². The largest absolute Gasteiger partial charge is 0.479 e. The predicted molar refractivity (Wildman–Crippen MR) is 79.8 cm³/mol. The first-order valence-electron chi connectivity index (χ1n) is 6.99. The Hall–Kier alpha value is -1.33. The molecule has 0 aliphatic heterocycles. The lowest BCUT2D eigenvalue weighted by Crippen LogP contribution is -2.56. The Kier molecular flexibility index (Phi) is 4.74. The van der Waals surface area contributed by atoms with E-state index >= 15 is 0 Å². The number of benzene rings is 1. The van der Waals surface area contributed by atoms with Gasteiger partial charge in [0.15, 0.2) is 6.10 Å². The van der Waals surface area contributed by atoms with Crippen molar-refractivity contribution in [1.29, 1.82) is 0 Å². The van der Waals surface area contributed by atoms with Crippen LogP contribution in [0.4, 0.5) is 4.39 Å². The summed E-state index contributed by atoms with van der Waals surface area (Å²) in [6.45, 7) is 3.95. The quantitative estimate of drug-likeness (QED) is 0.848. The molecule has 0 aromatic heterocycles. The molecule has 4 nitrogen and oxygen atoms in total. The van der Waals surface area contributed by atoms with Crippen LogP contribution in [-0.2, 0) is 4.79 Å². The molecule has 2 atom stereocenters. The van der Waals surface area contributed by atoms with Crippen LogP contribution in [0.5, 0.6) is 5.75 Å². The Morgan fingerprint density at radius 1 is 1.62 bits per heavy atom. The van der Waals surface area contributed by atoms with E-state index in [9.17, 15) is 9.18 Å². The lowest BCUT2D eigenvalue weighted by atomic mass is 9.95. The van der Waals surface area contributed by atoms with Crippen LogP contribution in [0.3, 0.4) is 0 Å². The third kappa shape index (κ3) is 3.86. The van der Waals surface area contributed by atoms with Crippen molar-refractivity contribution >= 4 is 17.5 Å². The molecular formula is C15H20ClFN2O2. The molecular weight excluding hydrogens is 295 g/mol. The van der Waals surface area contributed by atoms with Gasteiger partial charge in [0.2, 0.25) is 0 Å². The van der Waals surface area contributed by atoms with Gasteiger partial charge in [0.1, 0.15) is 11.6 Å². The second kappa shape index (κ2) is 6.20. The number of rotatable bonds is 6. The van der Waals surface area contributed by atoms with Crippen molar-refractivity contribution in [2.75, 3.05) is 6.54 Å². The normalized spacial score (nSPS) is 18.7. The first-order chi connectivity index (χ1) is 9.85. The van der Waals surface area contributed by atoms with Crippen LogP contribution in [0, 0.1) is 11.7 Å². The monoisotopic (exact) mass is 314 g/mol. The van der Waals surface area contributed by atoms with Gasteiger partial charge in [0, 0.05) is 6.54 Å². The maximum absolute atomic E-state index is 13.0. The van der Waals surface area contributed by atoms with Crippen LogP contribution in [0.1, 0.15) is 26.7 Å². The molecule has 0 bridgehead atoms. The van der Waals surface area contributed by atoms with Gasteiger partial charge in [-0.1, -0.05) is 11.6 Å². The van der Waals surface area contributed by atoms with E-state index < -0.39 is 17.5 Å². The molecule has 6 heteroatoms. The molecule has 116 valence electrons. The third-order valence-electron chi connectivity index (χ3n) is 3.88. The minimum absolute atomic E-state index is 0.137. The van der Waals surface area contributed by atoms with Crippen LogP contribution in [0.2, 0.25) is 5.02 Å². The standard InChI is InChI=1S/C15H20ClFN2O2/c1-9(21-13-6-5-11(17)7-12(13)16)14(20)19-15(2,8-18)10-3-4-10/h5-7,9-10H,3-4,8,18H2,1-2H3,(H,19,20). The summed E-state index contributed by atoms with van der Waals surface area (Å²) in [4.78, 5) is 12.2. The van der Waals surface area contributed by atoms with Gasteiger partial charge in [-0.15, -0.1) is 0 Å². The molecule has 0 spiro atoms. The van der Waals surface area contributed by atoms with Gasteiger partial charge < -0.3 is 15.8 Å². The summed E-state index contributed by atoms with van der Waals surface area (Å²) < 4.78 is 18.5. The van der Waals surface area contributed by atoms with Gasteiger partial charge in [0.25, 0.3) is 5.91 Å². The number of ether oxygens (including phenoxy) is 1. The highest BCUT2D eigenvalue weighted by Gasteiger charge is 2.42.